The van der Waals surface area contributed by atoms with Crippen molar-refractivity contribution in [1.82, 2.24) is 19.9 Å². The number of aromatic nitrogens is 4. The largest absolute Gasteiger partial charge is 0.497 e. The summed E-state index contributed by atoms with van der Waals surface area (Å²) in [6.07, 6.45) is 11.3. The lowest BCUT2D eigenvalue weighted by Gasteiger charge is -2.08. The molecule has 0 unspecified atom stereocenters. The van der Waals surface area contributed by atoms with E-state index in [1.165, 1.54) is 0 Å². The Labute approximate surface area is 349 Å². The van der Waals surface area contributed by atoms with Gasteiger partial charge in [0, 0.05) is 70.0 Å². The van der Waals surface area contributed by atoms with Crippen molar-refractivity contribution in [3.8, 4) is 23.0 Å². The third-order valence-electron chi connectivity index (χ3n) is 11.3. The zero-order valence-corrected chi connectivity index (χ0v) is 34.2. The number of rotatable bonds is 12. The molecule has 298 valence electrons. The van der Waals surface area contributed by atoms with Gasteiger partial charge in [-0.3, -0.25) is 0 Å². The highest BCUT2D eigenvalue weighted by Gasteiger charge is 2.18. The van der Waals surface area contributed by atoms with Crippen LogP contribution in [0.25, 0.3) is 46.4 Å². The van der Waals surface area contributed by atoms with Crippen molar-refractivity contribution in [1.29, 1.82) is 0 Å². The summed E-state index contributed by atoms with van der Waals surface area (Å²) in [5.41, 5.74) is 16.7. The summed E-state index contributed by atoms with van der Waals surface area (Å²) < 4.78 is 22.0. The number of fused-ring (bicyclic) bond motifs is 8. The highest BCUT2D eigenvalue weighted by Crippen LogP contribution is 2.32. The fraction of sp³-hybridized carbons (Fsp3) is 0.154. The maximum absolute atomic E-state index is 5.49. The van der Waals surface area contributed by atoms with Crippen LogP contribution in [0, 0.1) is 0 Å². The second-order valence-corrected chi connectivity index (χ2v) is 15.0. The lowest BCUT2D eigenvalue weighted by molar-refractivity contribution is 0.414. The Morgan fingerprint density at radius 1 is 0.317 bits per heavy atom. The molecule has 7 aromatic rings. The van der Waals surface area contributed by atoms with Gasteiger partial charge >= 0.3 is 0 Å². The first-order chi connectivity index (χ1) is 29.5. The number of H-pyrrole nitrogens is 2. The quantitative estimate of drug-likeness (QED) is 0.128. The van der Waals surface area contributed by atoms with Crippen molar-refractivity contribution in [3.63, 3.8) is 0 Å². The van der Waals surface area contributed by atoms with Crippen LogP contribution < -0.4 is 18.9 Å². The molecule has 0 fully saturated rings. The average molecular weight is 791 g/mol. The van der Waals surface area contributed by atoms with Gasteiger partial charge in [0.15, 0.2) is 0 Å². The summed E-state index contributed by atoms with van der Waals surface area (Å²) in [5.74, 6) is 3.29. The minimum Gasteiger partial charge on any atom is -0.497 e. The molecule has 0 saturated heterocycles. The fourth-order valence-electron chi connectivity index (χ4n) is 7.98. The van der Waals surface area contributed by atoms with Crippen LogP contribution in [0.15, 0.2) is 121 Å². The van der Waals surface area contributed by atoms with Crippen molar-refractivity contribution in [2.24, 2.45) is 0 Å². The Bertz CT molecular complexity index is 2500. The molecule has 0 saturated carbocycles. The Balaban J connectivity index is 1.32. The molecule has 0 amide bonds. The van der Waals surface area contributed by atoms with Gasteiger partial charge in [0.2, 0.25) is 0 Å². The molecule has 3 aromatic heterocycles. The minimum atomic E-state index is 0.664. The van der Waals surface area contributed by atoms with Gasteiger partial charge in [0.25, 0.3) is 0 Å². The highest BCUT2D eigenvalue weighted by atomic mass is 16.5. The summed E-state index contributed by atoms with van der Waals surface area (Å²) in [7, 11) is 6.77. The first kappa shape index (κ1) is 38.2. The van der Waals surface area contributed by atoms with Gasteiger partial charge in [-0.05, 0) is 119 Å². The van der Waals surface area contributed by atoms with E-state index in [4.69, 9.17) is 28.9 Å². The van der Waals surface area contributed by atoms with Gasteiger partial charge in [-0.25, -0.2) is 9.97 Å². The van der Waals surface area contributed by atoms with Gasteiger partial charge in [-0.15, -0.1) is 0 Å². The molecular weight excluding hydrogens is 745 g/mol. The predicted octanol–water partition coefficient (Wildman–Crippen LogP) is 11.1. The molecule has 8 nitrogen and oxygen atoms in total. The van der Waals surface area contributed by atoms with Gasteiger partial charge in [0.05, 0.1) is 51.2 Å². The van der Waals surface area contributed by atoms with Crippen LogP contribution in [0.1, 0.15) is 67.3 Å². The molecule has 9 rings (SSSR count). The number of aromatic amines is 2. The number of methoxy groups -OCH3 is 4. The lowest BCUT2D eigenvalue weighted by atomic mass is 10.0. The molecule has 2 N–H and O–H groups in total. The first-order valence-electron chi connectivity index (χ1n) is 20.1. The standard InChI is InChI=1S/C52H46N4O4/c1-57-37-13-5-33(6-14-37)29-41-45-21-23-47(53-45)42(30-34-7-15-38(58-2)16-8-34)49-25-27-51(55-49)44(32-36-11-19-40(60-4)20-12-36)52-28-26-50(56-52)43(48-24-22-46(41)54-48)31-35-9-17-39(59-3)18-10-35/h5-28,53,56H,29-32H2,1-4H3. The van der Waals surface area contributed by atoms with Gasteiger partial charge < -0.3 is 28.9 Å². The summed E-state index contributed by atoms with van der Waals surface area (Å²) in [6, 6.07) is 41.8. The molecule has 8 bridgehead atoms. The predicted molar refractivity (Wildman–Crippen MR) is 242 cm³/mol. The first-order valence-corrected chi connectivity index (χ1v) is 20.1. The van der Waals surface area contributed by atoms with Crippen LogP contribution in [-0.2, 0) is 25.7 Å². The normalized spacial score (nSPS) is 11.8. The molecule has 2 aliphatic heterocycles. The number of hydrogen-bond acceptors (Lipinski definition) is 6. The highest BCUT2D eigenvalue weighted by molar-refractivity contribution is 5.84. The molecule has 2 aliphatic rings. The molecular formula is C52H46N4O4. The number of benzene rings is 4. The van der Waals surface area contributed by atoms with Crippen molar-refractivity contribution in [2.75, 3.05) is 28.4 Å². The molecule has 0 spiro atoms. The van der Waals surface area contributed by atoms with Gasteiger partial charge in [-0.2, -0.15) is 0 Å². The van der Waals surface area contributed by atoms with Crippen LogP contribution in [0.2, 0.25) is 0 Å². The molecule has 5 heterocycles. The topological polar surface area (TPSA) is 94.3 Å². The molecule has 0 aliphatic carbocycles. The van der Waals surface area contributed by atoms with E-state index in [0.717, 1.165) is 112 Å². The smallest absolute Gasteiger partial charge is 0.118 e. The summed E-state index contributed by atoms with van der Waals surface area (Å²) >= 11 is 0. The second-order valence-electron chi connectivity index (χ2n) is 15.0. The SMILES string of the molecule is COc1ccc(Cc2c3nc(c(Cc4ccc(OC)cc4)c4ccc([nH]4)c(Cc4ccc(OC)cc4)c4nc(c(Cc5ccc(OC)cc5)c5ccc2[nH]5)C=C4)C=C3)cc1. The van der Waals surface area contributed by atoms with E-state index in [2.05, 4.69) is 107 Å². The number of nitrogens with one attached hydrogen (secondary N) is 2. The Morgan fingerprint density at radius 3 is 0.733 bits per heavy atom. The fourth-order valence-corrected chi connectivity index (χ4v) is 7.98. The Kier molecular flexibility index (Phi) is 10.7. The Hall–Kier alpha value is -7.32. The van der Waals surface area contributed by atoms with E-state index in [-0.39, 0.29) is 0 Å². The van der Waals surface area contributed by atoms with E-state index < -0.39 is 0 Å². The van der Waals surface area contributed by atoms with Gasteiger partial charge in [0.1, 0.15) is 23.0 Å². The number of ether oxygens (including phenoxy) is 4. The van der Waals surface area contributed by atoms with Crippen molar-refractivity contribution in [2.45, 2.75) is 25.7 Å². The molecule has 4 aromatic carbocycles. The summed E-state index contributed by atoms with van der Waals surface area (Å²) in [5, 5.41) is 0. The molecule has 0 atom stereocenters. The van der Waals surface area contributed by atoms with E-state index in [0.29, 0.717) is 25.7 Å². The lowest BCUT2D eigenvalue weighted by Crippen LogP contribution is -1.97. The van der Waals surface area contributed by atoms with Gasteiger partial charge in [-0.1, -0.05) is 48.5 Å². The zero-order chi connectivity index (χ0) is 41.0. The van der Waals surface area contributed by atoms with Crippen molar-refractivity contribution in [3.05, 3.63) is 189 Å². The van der Waals surface area contributed by atoms with Crippen LogP contribution in [0.3, 0.4) is 0 Å². The third kappa shape index (κ3) is 8.05. The monoisotopic (exact) mass is 790 g/mol. The maximum Gasteiger partial charge on any atom is 0.118 e. The van der Waals surface area contributed by atoms with Crippen LogP contribution >= 0.6 is 0 Å². The van der Waals surface area contributed by atoms with Crippen LogP contribution in [0.5, 0.6) is 23.0 Å². The third-order valence-corrected chi connectivity index (χ3v) is 11.3. The van der Waals surface area contributed by atoms with E-state index in [9.17, 15) is 0 Å². The molecule has 8 heteroatoms. The number of nitrogens with zero attached hydrogens (tertiary/aromatic N) is 2. The summed E-state index contributed by atoms with van der Waals surface area (Å²) in [6.45, 7) is 0. The van der Waals surface area contributed by atoms with Crippen molar-refractivity contribution >= 4 is 46.4 Å². The van der Waals surface area contributed by atoms with E-state index in [1.807, 2.05) is 48.5 Å². The molecule has 0 radical (unpaired) electrons. The van der Waals surface area contributed by atoms with Crippen LogP contribution in [0.4, 0.5) is 0 Å². The second kappa shape index (κ2) is 16.9. The van der Waals surface area contributed by atoms with E-state index in [1.54, 1.807) is 28.4 Å². The van der Waals surface area contributed by atoms with Crippen molar-refractivity contribution < 1.29 is 18.9 Å². The minimum absolute atomic E-state index is 0.664. The zero-order valence-electron chi connectivity index (χ0n) is 34.2. The van der Waals surface area contributed by atoms with E-state index >= 15 is 0 Å². The van der Waals surface area contributed by atoms with Crippen LogP contribution in [-0.4, -0.2) is 48.4 Å². The number of hydrogen-bond donors (Lipinski definition) is 2. The Morgan fingerprint density at radius 2 is 0.533 bits per heavy atom. The maximum atomic E-state index is 5.49. The summed E-state index contributed by atoms with van der Waals surface area (Å²) in [4.78, 5) is 18.6. The average Bonchev–Trinajstić information content (AvgIpc) is 4.15. The molecule has 60 heavy (non-hydrogen) atoms.